The van der Waals surface area contributed by atoms with Crippen LogP contribution in [0.25, 0.3) is 11.3 Å². The standard InChI is InChI=1S/C35H44FNO5/c1-3-5-7-9-11-13-16-26-24-28(17-14-12-10-8-6-4-2)33(30(25-26)34(39)40)35(41)42-37-31(18-15-19-32(37)38)27-20-22-29(36)23-21-27/h15,18-25H,3-14,16-17H2,1-2H3,(H,39,40). The molecule has 6 nitrogen and oxygen atoms in total. The number of benzene rings is 2. The molecule has 0 bridgehead atoms. The zero-order valence-electron chi connectivity index (χ0n) is 25.0. The average Bonchev–Trinajstić information content (AvgIpc) is 2.97. The lowest BCUT2D eigenvalue weighted by atomic mass is 9.92. The highest BCUT2D eigenvalue weighted by molar-refractivity contribution is 6.04. The quantitative estimate of drug-likeness (QED) is 0.153. The molecule has 0 fully saturated rings. The number of aryl methyl sites for hydroxylation is 2. The van der Waals surface area contributed by atoms with E-state index in [1.807, 2.05) is 6.07 Å². The van der Waals surface area contributed by atoms with E-state index in [1.165, 1.54) is 62.1 Å². The summed E-state index contributed by atoms with van der Waals surface area (Å²) in [4.78, 5) is 44.6. The van der Waals surface area contributed by atoms with Crippen LogP contribution in [0.15, 0.2) is 59.4 Å². The highest BCUT2D eigenvalue weighted by Crippen LogP contribution is 2.24. The molecule has 0 unspecified atom stereocenters. The molecule has 1 heterocycles. The number of pyridine rings is 1. The van der Waals surface area contributed by atoms with Gasteiger partial charge in [-0.3, -0.25) is 4.79 Å². The van der Waals surface area contributed by atoms with Crippen LogP contribution in [0.3, 0.4) is 0 Å². The van der Waals surface area contributed by atoms with Gasteiger partial charge in [-0.1, -0.05) is 90.2 Å². The number of carboxylic acids is 1. The molecule has 0 amide bonds. The van der Waals surface area contributed by atoms with Crippen LogP contribution in [0, 0.1) is 5.82 Å². The molecule has 3 aromatic rings. The van der Waals surface area contributed by atoms with Crippen LogP contribution in [0.2, 0.25) is 0 Å². The van der Waals surface area contributed by atoms with Crippen molar-refractivity contribution in [3.05, 3.63) is 93.0 Å². The van der Waals surface area contributed by atoms with Gasteiger partial charge in [-0.15, -0.1) is 4.73 Å². The van der Waals surface area contributed by atoms with Gasteiger partial charge in [0.2, 0.25) is 0 Å². The van der Waals surface area contributed by atoms with E-state index < -0.39 is 23.3 Å². The SMILES string of the molecule is CCCCCCCCc1cc(CCCCCCCC)c(C(=O)On2c(-c3ccc(F)cc3)cccc2=O)c(C(=O)O)c1. The van der Waals surface area contributed by atoms with E-state index in [2.05, 4.69) is 13.8 Å². The summed E-state index contributed by atoms with van der Waals surface area (Å²) in [7, 11) is 0. The first-order valence-corrected chi connectivity index (χ1v) is 15.5. The van der Waals surface area contributed by atoms with Gasteiger partial charge >= 0.3 is 11.9 Å². The van der Waals surface area contributed by atoms with Crippen LogP contribution in [0.4, 0.5) is 4.39 Å². The van der Waals surface area contributed by atoms with Crippen molar-refractivity contribution in [3.8, 4) is 11.3 Å². The van der Waals surface area contributed by atoms with Gasteiger partial charge in [0.1, 0.15) is 5.82 Å². The molecule has 0 saturated heterocycles. The van der Waals surface area contributed by atoms with Crippen molar-refractivity contribution in [1.82, 2.24) is 4.73 Å². The van der Waals surface area contributed by atoms with E-state index in [-0.39, 0.29) is 16.8 Å². The minimum atomic E-state index is -1.21. The van der Waals surface area contributed by atoms with Gasteiger partial charge in [-0.05, 0) is 73.2 Å². The maximum absolute atomic E-state index is 13.7. The fourth-order valence-corrected chi connectivity index (χ4v) is 5.26. The van der Waals surface area contributed by atoms with Crippen molar-refractivity contribution in [3.63, 3.8) is 0 Å². The van der Waals surface area contributed by atoms with Gasteiger partial charge in [-0.25, -0.2) is 14.0 Å². The summed E-state index contributed by atoms with van der Waals surface area (Å²) in [6, 6.07) is 13.3. The Labute approximate surface area is 248 Å². The monoisotopic (exact) mass is 577 g/mol. The number of hydrogen-bond acceptors (Lipinski definition) is 4. The average molecular weight is 578 g/mol. The second-order valence-electron chi connectivity index (χ2n) is 10.9. The Bertz CT molecular complexity index is 1360. The third-order valence-corrected chi connectivity index (χ3v) is 7.56. The van der Waals surface area contributed by atoms with E-state index in [1.54, 1.807) is 12.1 Å². The molecular formula is C35H44FNO5. The predicted molar refractivity (Wildman–Crippen MR) is 165 cm³/mol. The number of hydrogen-bond donors (Lipinski definition) is 1. The highest BCUT2D eigenvalue weighted by atomic mass is 19.1. The van der Waals surface area contributed by atoms with E-state index >= 15 is 0 Å². The molecule has 0 aliphatic heterocycles. The van der Waals surface area contributed by atoms with Crippen molar-refractivity contribution in [1.29, 1.82) is 0 Å². The zero-order chi connectivity index (χ0) is 30.3. The van der Waals surface area contributed by atoms with Crippen molar-refractivity contribution in [2.75, 3.05) is 0 Å². The molecule has 226 valence electrons. The number of carboxylic acid groups (broad SMARTS) is 1. The lowest BCUT2D eigenvalue weighted by Crippen LogP contribution is -2.33. The molecule has 1 N–H and O–H groups in total. The lowest BCUT2D eigenvalue weighted by Gasteiger charge is -2.17. The third-order valence-electron chi connectivity index (χ3n) is 7.56. The molecule has 2 aromatic carbocycles. The van der Waals surface area contributed by atoms with E-state index in [0.717, 1.165) is 68.1 Å². The van der Waals surface area contributed by atoms with Crippen LogP contribution in [0.1, 0.15) is 123 Å². The second kappa shape index (κ2) is 17.3. The number of rotatable bonds is 18. The summed E-state index contributed by atoms with van der Waals surface area (Å²) in [6.45, 7) is 4.35. The maximum atomic E-state index is 13.7. The number of aromatic carboxylic acids is 1. The Hall–Kier alpha value is -3.74. The van der Waals surface area contributed by atoms with Crippen LogP contribution in [-0.2, 0) is 12.8 Å². The Morgan fingerprint density at radius 3 is 2.00 bits per heavy atom. The molecule has 0 aliphatic rings. The Morgan fingerprint density at radius 1 is 0.786 bits per heavy atom. The first-order chi connectivity index (χ1) is 20.3. The Morgan fingerprint density at radius 2 is 1.38 bits per heavy atom. The predicted octanol–water partition coefficient (Wildman–Crippen LogP) is 8.43. The van der Waals surface area contributed by atoms with Gasteiger partial charge in [0.05, 0.1) is 16.8 Å². The number of halogens is 1. The van der Waals surface area contributed by atoms with Crippen molar-refractivity contribution in [2.24, 2.45) is 0 Å². The first kappa shape index (κ1) is 32.8. The zero-order valence-corrected chi connectivity index (χ0v) is 25.0. The fourth-order valence-electron chi connectivity index (χ4n) is 5.26. The maximum Gasteiger partial charge on any atom is 0.364 e. The molecule has 0 radical (unpaired) electrons. The van der Waals surface area contributed by atoms with Crippen molar-refractivity contribution >= 4 is 11.9 Å². The van der Waals surface area contributed by atoms with Gasteiger partial charge in [0, 0.05) is 11.6 Å². The van der Waals surface area contributed by atoms with Crippen molar-refractivity contribution in [2.45, 2.75) is 104 Å². The Balaban J connectivity index is 1.93. The smallest absolute Gasteiger partial charge is 0.364 e. The van der Waals surface area contributed by atoms with Crippen molar-refractivity contribution < 1.29 is 23.9 Å². The molecule has 42 heavy (non-hydrogen) atoms. The lowest BCUT2D eigenvalue weighted by molar-refractivity contribution is 0.0441. The second-order valence-corrected chi connectivity index (χ2v) is 10.9. The van der Waals surface area contributed by atoms with Gasteiger partial charge in [0.15, 0.2) is 0 Å². The number of nitrogens with zero attached hydrogens (tertiary/aromatic N) is 1. The summed E-state index contributed by atoms with van der Waals surface area (Å²) in [6.07, 6.45) is 14.4. The number of carbonyl (C=O) groups is 2. The summed E-state index contributed by atoms with van der Waals surface area (Å²) >= 11 is 0. The summed E-state index contributed by atoms with van der Waals surface area (Å²) in [5.74, 6) is -2.56. The summed E-state index contributed by atoms with van der Waals surface area (Å²) in [5.41, 5.74) is 1.51. The summed E-state index contributed by atoms with van der Waals surface area (Å²) in [5, 5.41) is 10.2. The van der Waals surface area contributed by atoms with E-state index in [4.69, 9.17) is 4.84 Å². The van der Waals surface area contributed by atoms with Crippen LogP contribution in [-0.4, -0.2) is 21.8 Å². The largest absolute Gasteiger partial charge is 0.478 e. The van der Waals surface area contributed by atoms with Crippen LogP contribution >= 0.6 is 0 Å². The molecule has 0 spiro atoms. The van der Waals surface area contributed by atoms with E-state index in [0.29, 0.717) is 17.5 Å². The van der Waals surface area contributed by atoms with Crippen LogP contribution < -0.4 is 10.4 Å². The highest BCUT2D eigenvalue weighted by Gasteiger charge is 2.25. The first-order valence-electron chi connectivity index (χ1n) is 15.5. The third kappa shape index (κ3) is 9.68. The molecule has 0 saturated carbocycles. The molecule has 0 atom stereocenters. The molecule has 3 rings (SSSR count). The topological polar surface area (TPSA) is 85.6 Å². The van der Waals surface area contributed by atoms with Gasteiger partial charge < -0.3 is 9.94 Å². The number of aromatic nitrogens is 1. The normalized spacial score (nSPS) is 11.0. The molecule has 1 aromatic heterocycles. The number of carbonyl (C=O) groups excluding carboxylic acids is 1. The number of unbranched alkanes of at least 4 members (excludes halogenated alkanes) is 10. The Kier molecular flexibility index (Phi) is 13.5. The van der Waals surface area contributed by atoms with Crippen LogP contribution in [0.5, 0.6) is 0 Å². The molecule has 0 aliphatic carbocycles. The fraction of sp³-hybridized carbons (Fsp3) is 0.457. The summed E-state index contributed by atoms with van der Waals surface area (Å²) < 4.78 is 14.4. The van der Waals surface area contributed by atoms with E-state index in [9.17, 15) is 23.9 Å². The van der Waals surface area contributed by atoms with Gasteiger partial charge in [-0.2, -0.15) is 0 Å². The minimum Gasteiger partial charge on any atom is -0.478 e. The van der Waals surface area contributed by atoms with Gasteiger partial charge in [0.25, 0.3) is 5.56 Å². The molecule has 7 heteroatoms. The minimum absolute atomic E-state index is 0.0245. The molecular weight excluding hydrogens is 533 g/mol.